The lowest BCUT2D eigenvalue weighted by Crippen LogP contribution is -2.32. The van der Waals surface area contributed by atoms with Crippen LogP contribution >= 0.6 is 0 Å². The van der Waals surface area contributed by atoms with Gasteiger partial charge in [-0.3, -0.25) is 0 Å². The van der Waals surface area contributed by atoms with Gasteiger partial charge in [0.2, 0.25) is 0 Å². The van der Waals surface area contributed by atoms with E-state index in [1.807, 2.05) is 31.2 Å². The van der Waals surface area contributed by atoms with E-state index in [0.717, 1.165) is 25.1 Å². The first kappa shape index (κ1) is 13.6. The molecule has 0 aliphatic carbocycles. The summed E-state index contributed by atoms with van der Waals surface area (Å²) < 4.78 is 0. The molecule has 0 radical (unpaired) electrons. The molecule has 0 aliphatic rings. The molecule has 0 saturated heterocycles. The number of benzene rings is 1. The van der Waals surface area contributed by atoms with Gasteiger partial charge in [0.05, 0.1) is 0 Å². The second-order valence-electron chi connectivity index (χ2n) is 4.38. The highest BCUT2D eigenvalue weighted by atomic mass is 16.2. The van der Waals surface area contributed by atoms with Gasteiger partial charge >= 0.3 is 6.03 Å². The third kappa shape index (κ3) is 4.89. The number of aryl methyl sites for hydroxylation is 1. The Balaban J connectivity index is 2.37. The highest BCUT2D eigenvalue weighted by Crippen LogP contribution is 2.09. The van der Waals surface area contributed by atoms with Crippen LogP contribution in [0, 0.1) is 12.8 Å². The molecule has 0 spiro atoms. The van der Waals surface area contributed by atoms with Crippen LogP contribution in [-0.4, -0.2) is 12.6 Å². The summed E-state index contributed by atoms with van der Waals surface area (Å²) in [7, 11) is 0. The molecule has 0 unspecified atom stereocenters. The quantitative estimate of drug-likeness (QED) is 0.803. The second kappa shape index (κ2) is 6.94. The fourth-order valence-electron chi connectivity index (χ4n) is 1.63. The average Bonchev–Trinajstić information content (AvgIpc) is 2.33. The molecule has 2 amide bonds. The van der Waals surface area contributed by atoms with Crippen molar-refractivity contribution in [3.8, 4) is 0 Å². The van der Waals surface area contributed by atoms with Crippen molar-refractivity contribution >= 4 is 11.7 Å². The molecule has 1 aromatic rings. The van der Waals surface area contributed by atoms with Crippen LogP contribution in [0.1, 0.15) is 32.3 Å². The first-order chi connectivity index (χ1) is 8.15. The van der Waals surface area contributed by atoms with Crippen molar-refractivity contribution in [1.82, 2.24) is 5.32 Å². The lowest BCUT2D eigenvalue weighted by atomic mass is 10.0. The number of carbonyl (C=O) groups excluding carboxylic acids is 1. The van der Waals surface area contributed by atoms with Crippen molar-refractivity contribution in [3.05, 3.63) is 29.8 Å². The molecule has 3 heteroatoms. The molecule has 94 valence electrons. The zero-order chi connectivity index (χ0) is 12.7. The van der Waals surface area contributed by atoms with Gasteiger partial charge in [0.1, 0.15) is 0 Å². The van der Waals surface area contributed by atoms with Gasteiger partial charge in [0.25, 0.3) is 0 Å². The topological polar surface area (TPSA) is 41.1 Å². The molecule has 3 nitrogen and oxygen atoms in total. The van der Waals surface area contributed by atoms with E-state index in [2.05, 4.69) is 24.5 Å². The van der Waals surface area contributed by atoms with E-state index in [4.69, 9.17) is 0 Å². The van der Waals surface area contributed by atoms with Gasteiger partial charge in [-0.25, -0.2) is 4.79 Å². The number of nitrogens with one attached hydrogen (secondary N) is 2. The van der Waals surface area contributed by atoms with Crippen LogP contribution < -0.4 is 10.6 Å². The number of rotatable bonds is 5. The van der Waals surface area contributed by atoms with Gasteiger partial charge in [-0.2, -0.15) is 0 Å². The molecule has 0 aliphatic heterocycles. The Hall–Kier alpha value is -1.51. The summed E-state index contributed by atoms with van der Waals surface area (Å²) in [6.45, 7) is 7.06. The number of anilines is 1. The predicted octanol–water partition coefficient (Wildman–Crippen LogP) is 3.55. The Morgan fingerprint density at radius 1 is 1.18 bits per heavy atom. The Morgan fingerprint density at radius 2 is 1.76 bits per heavy atom. The highest BCUT2D eigenvalue weighted by molar-refractivity contribution is 5.89. The van der Waals surface area contributed by atoms with Crippen LogP contribution in [0.5, 0.6) is 0 Å². The smallest absolute Gasteiger partial charge is 0.319 e. The molecule has 0 bridgehead atoms. The van der Waals surface area contributed by atoms with E-state index in [1.54, 1.807) is 0 Å². The second-order valence-corrected chi connectivity index (χ2v) is 4.38. The fraction of sp³-hybridized carbons (Fsp3) is 0.500. The highest BCUT2D eigenvalue weighted by Gasteiger charge is 2.06. The first-order valence-corrected chi connectivity index (χ1v) is 6.27. The van der Waals surface area contributed by atoms with Crippen LogP contribution in [0.4, 0.5) is 10.5 Å². The predicted molar refractivity (Wildman–Crippen MR) is 72.3 cm³/mol. The monoisotopic (exact) mass is 234 g/mol. The van der Waals surface area contributed by atoms with Crippen LogP contribution in [0.25, 0.3) is 0 Å². The van der Waals surface area contributed by atoms with Crippen molar-refractivity contribution in [2.24, 2.45) is 5.92 Å². The molecule has 0 saturated carbocycles. The van der Waals surface area contributed by atoms with Gasteiger partial charge < -0.3 is 10.6 Å². The van der Waals surface area contributed by atoms with Crippen molar-refractivity contribution < 1.29 is 4.79 Å². The van der Waals surface area contributed by atoms with E-state index in [1.165, 1.54) is 5.56 Å². The van der Waals surface area contributed by atoms with Gasteiger partial charge in [0, 0.05) is 12.2 Å². The van der Waals surface area contributed by atoms with E-state index in [0.29, 0.717) is 5.92 Å². The maximum absolute atomic E-state index is 11.6. The average molecular weight is 234 g/mol. The summed E-state index contributed by atoms with van der Waals surface area (Å²) in [6.07, 6.45) is 2.20. The normalized spacial score (nSPS) is 10.4. The van der Waals surface area contributed by atoms with Crippen molar-refractivity contribution in [2.75, 3.05) is 11.9 Å². The SMILES string of the molecule is CCC(CC)CNC(=O)Nc1ccc(C)cc1. The molecule has 2 N–H and O–H groups in total. The molecule has 1 rings (SSSR count). The standard InChI is InChI=1S/C14H22N2O/c1-4-12(5-2)10-15-14(17)16-13-8-6-11(3)7-9-13/h6-9,12H,4-5,10H2,1-3H3,(H2,15,16,17). The van der Waals surface area contributed by atoms with Crippen LogP contribution in [0.3, 0.4) is 0 Å². The first-order valence-electron chi connectivity index (χ1n) is 6.27. The van der Waals surface area contributed by atoms with Crippen molar-refractivity contribution in [3.63, 3.8) is 0 Å². The summed E-state index contributed by atoms with van der Waals surface area (Å²) in [4.78, 5) is 11.6. The Kier molecular flexibility index (Phi) is 5.53. The summed E-state index contributed by atoms with van der Waals surface area (Å²) in [6, 6.07) is 7.66. The fourth-order valence-corrected chi connectivity index (χ4v) is 1.63. The lowest BCUT2D eigenvalue weighted by Gasteiger charge is -2.13. The van der Waals surface area contributed by atoms with Gasteiger partial charge in [-0.05, 0) is 25.0 Å². The minimum Gasteiger partial charge on any atom is -0.338 e. The number of carbonyl (C=O) groups is 1. The van der Waals surface area contributed by atoms with E-state index in [-0.39, 0.29) is 6.03 Å². The zero-order valence-corrected chi connectivity index (χ0v) is 10.9. The third-order valence-electron chi connectivity index (χ3n) is 3.02. The van der Waals surface area contributed by atoms with Gasteiger partial charge in [-0.15, -0.1) is 0 Å². The summed E-state index contributed by atoms with van der Waals surface area (Å²) >= 11 is 0. The molecule has 1 aromatic carbocycles. The Bertz CT molecular complexity index is 342. The van der Waals surface area contributed by atoms with Crippen LogP contribution in [0.2, 0.25) is 0 Å². The molecule has 0 fully saturated rings. The molecule has 0 heterocycles. The van der Waals surface area contributed by atoms with Gasteiger partial charge in [0.15, 0.2) is 0 Å². The van der Waals surface area contributed by atoms with Crippen LogP contribution in [0.15, 0.2) is 24.3 Å². The Morgan fingerprint density at radius 3 is 2.29 bits per heavy atom. The number of hydrogen-bond donors (Lipinski definition) is 2. The minimum atomic E-state index is -0.124. The summed E-state index contributed by atoms with van der Waals surface area (Å²) in [5.74, 6) is 0.568. The van der Waals surface area contributed by atoms with E-state index >= 15 is 0 Å². The minimum absolute atomic E-state index is 0.124. The maximum Gasteiger partial charge on any atom is 0.319 e. The molecule has 0 aromatic heterocycles. The molecule has 0 atom stereocenters. The van der Waals surface area contributed by atoms with E-state index in [9.17, 15) is 4.79 Å². The number of urea groups is 1. The van der Waals surface area contributed by atoms with Crippen molar-refractivity contribution in [1.29, 1.82) is 0 Å². The third-order valence-corrected chi connectivity index (χ3v) is 3.02. The number of hydrogen-bond acceptors (Lipinski definition) is 1. The summed E-state index contributed by atoms with van der Waals surface area (Å²) in [5.41, 5.74) is 2.02. The molecular formula is C14H22N2O. The maximum atomic E-state index is 11.6. The Labute approximate surface area is 104 Å². The zero-order valence-electron chi connectivity index (χ0n) is 10.9. The van der Waals surface area contributed by atoms with Gasteiger partial charge in [-0.1, -0.05) is 44.4 Å². The summed E-state index contributed by atoms with van der Waals surface area (Å²) in [5, 5.41) is 5.72. The molecular weight excluding hydrogens is 212 g/mol. The largest absolute Gasteiger partial charge is 0.338 e. The lowest BCUT2D eigenvalue weighted by molar-refractivity contribution is 0.249. The van der Waals surface area contributed by atoms with Crippen LogP contribution in [-0.2, 0) is 0 Å². The molecule has 17 heavy (non-hydrogen) atoms. The van der Waals surface area contributed by atoms with E-state index < -0.39 is 0 Å². The van der Waals surface area contributed by atoms with Crippen molar-refractivity contribution in [2.45, 2.75) is 33.6 Å². The number of amides is 2.